The molecule has 5 rings (SSSR count). The van der Waals surface area contributed by atoms with Crippen LogP contribution in [-0.2, 0) is 24.3 Å². The van der Waals surface area contributed by atoms with E-state index < -0.39 is 0 Å². The third kappa shape index (κ3) is 2.45. The minimum Gasteiger partial charge on any atom is -0.316 e. The lowest BCUT2D eigenvalue weighted by molar-refractivity contribution is -0.118. The van der Waals surface area contributed by atoms with E-state index >= 15 is 0 Å². The number of carbonyl (C=O) groups excluding carboxylic acids is 2. The van der Waals surface area contributed by atoms with E-state index in [4.69, 9.17) is 0 Å². The number of benzene rings is 1. The molecule has 2 amide bonds. The Morgan fingerprint density at radius 1 is 1.04 bits per heavy atom. The molecule has 142 valence electrons. The third-order valence-corrected chi connectivity index (χ3v) is 5.40. The van der Waals surface area contributed by atoms with E-state index in [2.05, 4.69) is 10.1 Å². The summed E-state index contributed by atoms with van der Waals surface area (Å²) in [5.74, 6) is 0.629. The van der Waals surface area contributed by atoms with Gasteiger partial charge < -0.3 is 9.47 Å². The van der Waals surface area contributed by atoms with E-state index in [1.54, 1.807) is 26.9 Å². The molecule has 0 fully saturated rings. The van der Waals surface area contributed by atoms with Crippen molar-refractivity contribution in [1.82, 2.24) is 19.3 Å². The Labute approximate surface area is 162 Å². The number of nitrogens with zero attached hydrogens (tertiary/aromatic N) is 6. The zero-order valence-electron chi connectivity index (χ0n) is 15.6. The number of imidazole rings is 1. The molecule has 0 radical (unpaired) electrons. The average molecular weight is 376 g/mol. The van der Waals surface area contributed by atoms with Crippen molar-refractivity contribution in [2.75, 3.05) is 16.3 Å². The van der Waals surface area contributed by atoms with Crippen LogP contribution in [0.4, 0.5) is 17.3 Å². The maximum absolute atomic E-state index is 13.0. The number of hydrogen-bond acceptors (Lipinski definition) is 4. The molecule has 0 saturated heterocycles. The summed E-state index contributed by atoms with van der Waals surface area (Å²) in [6.45, 7) is 3.91. The topological polar surface area (TPSA) is 76.3 Å². The van der Waals surface area contributed by atoms with Crippen molar-refractivity contribution < 1.29 is 9.59 Å². The van der Waals surface area contributed by atoms with Crippen LogP contribution in [0.15, 0.2) is 42.9 Å². The van der Waals surface area contributed by atoms with Crippen molar-refractivity contribution in [1.29, 1.82) is 0 Å². The van der Waals surface area contributed by atoms with Crippen molar-refractivity contribution in [3.63, 3.8) is 0 Å². The Hall–Kier alpha value is -3.42. The van der Waals surface area contributed by atoms with Crippen LogP contribution in [0.5, 0.6) is 0 Å². The van der Waals surface area contributed by atoms with Crippen LogP contribution in [-0.4, -0.2) is 37.7 Å². The molecule has 8 nitrogen and oxygen atoms in total. The van der Waals surface area contributed by atoms with Gasteiger partial charge in [0.15, 0.2) is 0 Å². The van der Waals surface area contributed by atoms with Gasteiger partial charge in [-0.2, -0.15) is 5.10 Å². The summed E-state index contributed by atoms with van der Waals surface area (Å²) in [7, 11) is 0. The second kappa shape index (κ2) is 6.33. The Morgan fingerprint density at radius 2 is 1.82 bits per heavy atom. The maximum atomic E-state index is 13.0. The Bertz CT molecular complexity index is 1050. The van der Waals surface area contributed by atoms with Crippen LogP contribution in [0.1, 0.15) is 29.4 Å². The highest BCUT2D eigenvalue weighted by atomic mass is 16.2. The molecule has 0 aliphatic carbocycles. The first-order valence-electron chi connectivity index (χ1n) is 9.48. The Kier molecular flexibility index (Phi) is 3.78. The largest absolute Gasteiger partial charge is 0.316 e. The van der Waals surface area contributed by atoms with Crippen molar-refractivity contribution in [2.45, 2.75) is 32.9 Å². The van der Waals surface area contributed by atoms with Gasteiger partial charge in [0.05, 0.1) is 11.9 Å². The molecule has 2 aliphatic heterocycles. The third-order valence-electron chi connectivity index (χ3n) is 5.40. The van der Waals surface area contributed by atoms with E-state index in [1.807, 2.05) is 42.0 Å². The number of hydrogen-bond donors (Lipinski definition) is 0. The van der Waals surface area contributed by atoms with Gasteiger partial charge in [0.25, 0.3) is 5.91 Å². The molecule has 28 heavy (non-hydrogen) atoms. The first kappa shape index (κ1) is 16.7. The number of aromatic nitrogens is 4. The second-order valence-corrected chi connectivity index (χ2v) is 6.96. The molecular weight excluding hydrogens is 356 g/mol. The van der Waals surface area contributed by atoms with E-state index in [0.717, 1.165) is 23.4 Å². The predicted octanol–water partition coefficient (Wildman–Crippen LogP) is 2.37. The SMILES string of the molecule is CCn1ncc2c1C(=O)N(c1ccc(N3C(=O)CCn4ccnc43)cc1)CC2. The lowest BCUT2D eigenvalue weighted by atomic mass is 10.1. The molecule has 3 aromatic rings. The predicted molar refractivity (Wildman–Crippen MR) is 104 cm³/mol. The highest BCUT2D eigenvalue weighted by Gasteiger charge is 2.30. The van der Waals surface area contributed by atoms with Crippen molar-refractivity contribution >= 4 is 29.1 Å². The summed E-state index contributed by atoms with van der Waals surface area (Å²) in [6.07, 6.45) is 6.60. The highest BCUT2D eigenvalue weighted by Crippen LogP contribution is 2.31. The van der Waals surface area contributed by atoms with Gasteiger partial charge in [-0.1, -0.05) is 0 Å². The number of fused-ring (bicyclic) bond motifs is 2. The average Bonchev–Trinajstić information content (AvgIpc) is 3.35. The van der Waals surface area contributed by atoms with Crippen LogP contribution >= 0.6 is 0 Å². The fourth-order valence-corrected chi connectivity index (χ4v) is 3.97. The fraction of sp³-hybridized carbons (Fsp3) is 0.300. The molecule has 8 heteroatoms. The van der Waals surface area contributed by atoms with Gasteiger partial charge in [-0.05, 0) is 37.6 Å². The summed E-state index contributed by atoms with van der Waals surface area (Å²) in [6, 6.07) is 7.52. The van der Waals surface area contributed by atoms with E-state index in [0.29, 0.717) is 37.7 Å². The van der Waals surface area contributed by atoms with Gasteiger partial charge in [-0.15, -0.1) is 0 Å². The molecule has 0 spiro atoms. The van der Waals surface area contributed by atoms with Gasteiger partial charge in [-0.3, -0.25) is 19.2 Å². The quantitative estimate of drug-likeness (QED) is 0.703. The van der Waals surface area contributed by atoms with Gasteiger partial charge >= 0.3 is 0 Å². The number of anilines is 3. The Balaban J connectivity index is 1.45. The normalized spacial score (nSPS) is 16.3. The van der Waals surface area contributed by atoms with Crippen molar-refractivity contribution in [3.8, 4) is 0 Å². The smallest absolute Gasteiger partial charge is 0.276 e. The first-order chi connectivity index (χ1) is 13.7. The van der Waals surface area contributed by atoms with Crippen LogP contribution < -0.4 is 9.80 Å². The van der Waals surface area contributed by atoms with E-state index in [-0.39, 0.29) is 11.8 Å². The zero-order valence-corrected chi connectivity index (χ0v) is 15.6. The van der Waals surface area contributed by atoms with Gasteiger partial charge in [0, 0.05) is 49.7 Å². The van der Waals surface area contributed by atoms with Crippen molar-refractivity contribution in [2.24, 2.45) is 0 Å². The van der Waals surface area contributed by atoms with Crippen LogP contribution in [0.2, 0.25) is 0 Å². The minimum atomic E-state index is -0.0297. The molecule has 0 N–H and O–H groups in total. The highest BCUT2D eigenvalue weighted by molar-refractivity contribution is 6.07. The van der Waals surface area contributed by atoms with Crippen LogP contribution in [0, 0.1) is 0 Å². The number of aryl methyl sites for hydroxylation is 2. The summed E-state index contributed by atoms with van der Waals surface area (Å²) < 4.78 is 3.72. The fourth-order valence-electron chi connectivity index (χ4n) is 3.97. The molecule has 1 aromatic carbocycles. The summed E-state index contributed by atoms with van der Waals surface area (Å²) >= 11 is 0. The molecule has 0 unspecified atom stereocenters. The monoisotopic (exact) mass is 376 g/mol. The summed E-state index contributed by atoms with van der Waals surface area (Å²) in [5.41, 5.74) is 3.25. The lowest BCUT2D eigenvalue weighted by Gasteiger charge is -2.29. The van der Waals surface area contributed by atoms with E-state index in [1.165, 1.54) is 0 Å². The Morgan fingerprint density at radius 3 is 2.61 bits per heavy atom. The zero-order chi connectivity index (χ0) is 19.3. The molecule has 4 heterocycles. The summed E-state index contributed by atoms with van der Waals surface area (Å²) in [5, 5.41) is 4.31. The first-order valence-corrected chi connectivity index (χ1v) is 9.48. The molecule has 0 bridgehead atoms. The standard InChI is InChI=1S/C20H20N6O2/c1-2-25-18-14(13-22-25)7-11-24(19(18)28)15-3-5-16(6-4-15)26-17(27)8-10-23-12-9-21-20(23)26/h3-6,9,12-13H,2,7-8,10-11H2,1H3. The molecule has 0 saturated carbocycles. The van der Waals surface area contributed by atoms with Crippen LogP contribution in [0.3, 0.4) is 0 Å². The maximum Gasteiger partial charge on any atom is 0.276 e. The molecule has 2 aliphatic rings. The minimum absolute atomic E-state index is 0.0250. The lowest BCUT2D eigenvalue weighted by Crippen LogP contribution is -2.39. The molecule has 2 aromatic heterocycles. The van der Waals surface area contributed by atoms with Gasteiger partial charge in [-0.25, -0.2) is 4.98 Å². The second-order valence-electron chi connectivity index (χ2n) is 6.96. The van der Waals surface area contributed by atoms with E-state index in [9.17, 15) is 9.59 Å². The molecular formula is C20H20N6O2. The number of amides is 2. The summed E-state index contributed by atoms with van der Waals surface area (Å²) in [4.78, 5) is 33.2. The van der Waals surface area contributed by atoms with Gasteiger partial charge in [0.1, 0.15) is 5.69 Å². The number of rotatable bonds is 3. The molecule has 0 atom stereocenters. The number of carbonyl (C=O) groups is 2. The van der Waals surface area contributed by atoms with Crippen LogP contribution in [0.25, 0.3) is 0 Å². The van der Waals surface area contributed by atoms with Gasteiger partial charge in [0.2, 0.25) is 11.9 Å². The van der Waals surface area contributed by atoms with Crippen molar-refractivity contribution in [3.05, 3.63) is 54.1 Å².